The average molecular weight is 354 g/mol. The van der Waals surface area contributed by atoms with Gasteiger partial charge in [0.25, 0.3) is 11.8 Å². The molecule has 0 unspecified atom stereocenters. The first-order valence-electron chi connectivity index (χ1n) is 8.48. The SMILES string of the molecule is CN(C)CCNC(=O)c1ccc(C(=O)Nc2ccc(N(C)C)cc2)cc1. The monoisotopic (exact) mass is 354 g/mol. The summed E-state index contributed by atoms with van der Waals surface area (Å²) in [6, 6.07) is 14.2. The van der Waals surface area contributed by atoms with Crippen molar-refractivity contribution in [1.29, 1.82) is 0 Å². The number of amides is 2. The van der Waals surface area contributed by atoms with E-state index in [-0.39, 0.29) is 11.8 Å². The van der Waals surface area contributed by atoms with Crippen molar-refractivity contribution in [1.82, 2.24) is 10.2 Å². The van der Waals surface area contributed by atoms with Gasteiger partial charge in [-0.25, -0.2) is 0 Å². The second kappa shape index (κ2) is 9.01. The maximum atomic E-state index is 12.3. The topological polar surface area (TPSA) is 64.7 Å². The van der Waals surface area contributed by atoms with Crippen LogP contribution in [0.15, 0.2) is 48.5 Å². The lowest BCUT2D eigenvalue weighted by atomic mass is 10.1. The molecule has 0 heterocycles. The summed E-state index contributed by atoms with van der Waals surface area (Å²) in [6.45, 7) is 1.36. The molecule has 6 nitrogen and oxygen atoms in total. The molecule has 26 heavy (non-hydrogen) atoms. The van der Waals surface area contributed by atoms with Gasteiger partial charge in [0.2, 0.25) is 0 Å². The van der Waals surface area contributed by atoms with E-state index in [0.29, 0.717) is 17.7 Å². The molecule has 138 valence electrons. The highest BCUT2D eigenvalue weighted by Gasteiger charge is 2.09. The molecule has 2 aromatic carbocycles. The van der Waals surface area contributed by atoms with E-state index in [9.17, 15) is 9.59 Å². The molecule has 2 N–H and O–H groups in total. The predicted octanol–water partition coefficient (Wildman–Crippen LogP) is 2.30. The van der Waals surface area contributed by atoms with Gasteiger partial charge in [-0.3, -0.25) is 9.59 Å². The van der Waals surface area contributed by atoms with E-state index in [0.717, 1.165) is 17.9 Å². The van der Waals surface area contributed by atoms with Crippen LogP contribution < -0.4 is 15.5 Å². The summed E-state index contributed by atoms with van der Waals surface area (Å²) in [6.07, 6.45) is 0. The lowest BCUT2D eigenvalue weighted by molar-refractivity contribution is 0.0949. The number of likely N-dealkylation sites (N-methyl/N-ethyl adjacent to an activating group) is 1. The average Bonchev–Trinajstić information content (AvgIpc) is 2.62. The molecule has 0 spiro atoms. The van der Waals surface area contributed by atoms with E-state index in [2.05, 4.69) is 10.6 Å². The molecule has 2 aromatic rings. The summed E-state index contributed by atoms with van der Waals surface area (Å²) in [5, 5.41) is 5.70. The molecule has 0 aliphatic heterocycles. The molecule has 0 radical (unpaired) electrons. The molecule has 2 rings (SSSR count). The van der Waals surface area contributed by atoms with Crippen molar-refractivity contribution in [2.75, 3.05) is 51.5 Å². The summed E-state index contributed by atoms with van der Waals surface area (Å²) in [4.78, 5) is 28.4. The number of anilines is 2. The van der Waals surface area contributed by atoms with Gasteiger partial charge in [0.15, 0.2) is 0 Å². The third kappa shape index (κ3) is 5.60. The van der Waals surface area contributed by atoms with Crippen LogP contribution in [-0.2, 0) is 0 Å². The fraction of sp³-hybridized carbons (Fsp3) is 0.300. The first kappa shape index (κ1) is 19.5. The number of hydrogen-bond acceptors (Lipinski definition) is 4. The van der Waals surface area contributed by atoms with Gasteiger partial charge in [0, 0.05) is 49.7 Å². The second-order valence-corrected chi connectivity index (χ2v) is 6.53. The summed E-state index contributed by atoms with van der Waals surface area (Å²) in [7, 11) is 7.83. The van der Waals surface area contributed by atoms with Crippen molar-refractivity contribution in [2.24, 2.45) is 0 Å². The van der Waals surface area contributed by atoms with E-state index >= 15 is 0 Å². The third-order valence-electron chi connectivity index (χ3n) is 3.90. The van der Waals surface area contributed by atoms with Gasteiger partial charge >= 0.3 is 0 Å². The molecule has 0 saturated heterocycles. The Labute approximate surface area is 154 Å². The fourth-order valence-electron chi connectivity index (χ4n) is 2.31. The van der Waals surface area contributed by atoms with E-state index < -0.39 is 0 Å². The standard InChI is InChI=1S/C20H26N4O2/c1-23(2)14-13-21-19(25)15-5-7-16(8-6-15)20(26)22-17-9-11-18(12-10-17)24(3)4/h5-12H,13-14H2,1-4H3,(H,21,25)(H,22,26). The lowest BCUT2D eigenvalue weighted by Crippen LogP contribution is -2.31. The number of rotatable bonds is 7. The van der Waals surface area contributed by atoms with Crippen LogP contribution >= 0.6 is 0 Å². The zero-order valence-electron chi connectivity index (χ0n) is 15.7. The quantitative estimate of drug-likeness (QED) is 0.801. The Morgan fingerprint density at radius 2 is 1.35 bits per heavy atom. The van der Waals surface area contributed by atoms with Crippen LogP contribution in [0.4, 0.5) is 11.4 Å². The van der Waals surface area contributed by atoms with Crippen LogP contribution in [0.1, 0.15) is 20.7 Å². The lowest BCUT2D eigenvalue weighted by Gasteiger charge is -2.13. The Balaban J connectivity index is 1.94. The highest BCUT2D eigenvalue weighted by molar-refractivity contribution is 6.05. The minimum Gasteiger partial charge on any atom is -0.378 e. The molecule has 0 saturated carbocycles. The molecule has 2 amide bonds. The van der Waals surface area contributed by atoms with E-state index in [1.54, 1.807) is 24.3 Å². The minimum atomic E-state index is -0.206. The Morgan fingerprint density at radius 1 is 0.808 bits per heavy atom. The number of benzene rings is 2. The van der Waals surface area contributed by atoms with Crippen LogP contribution in [-0.4, -0.2) is 58.0 Å². The van der Waals surface area contributed by atoms with Gasteiger partial charge in [-0.1, -0.05) is 0 Å². The van der Waals surface area contributed by atoms with Crippen molar-refractivity contribution < 1.29 is 9.59 Å². The van der Waals surface area contributed by atoms with Crippen LogP contribution in [0.25, 0.3) is 0 Å². The first-order chi connectivity index (χ1) is 12.4. The fourth-order valence-corrected chi connectivity index (χ4v) is 2.31. The maximum Gasteiger partial charge on any atom is 0.255 e. The van der Waals surface area contributed by atoms with Crippen LogP contribution in [0.3, 0.4) is 0 Å². The Kier molecular flexibility index (Phi) is 6.74. The Hall–Kier alpha value is -2.86. The molecule has 0 aliphatic rings. The first-order valence-corrected chi connectivity index (χ1v) is 8.48. The van der Waals surface area contributed by atoms with E-state index in [4.69, 9.17) is 0 Å². The number of hydrogen-bond donors (Lipinski definition) is 2. The maximum absolute atomic E-state index is 12.3. The molecule has 0 fully saturated rings. The molecule has 0 aromatic heterocycles. The smallest absolute Gasteiger partial charge is 0.255 e. The number of carbonyl (C=O) groups is 2. The Morgan fingerprint density at radius 3 is 1.85 bits per heavy atom. The van der Waals surface area contributed by atoms with Gasteiger partial charge in [-0.15, -0.1) is 0 Å². The van der Waals surface area contributed by atoms with Crippen molar-refractivity contribution in [3.8, 4) is 0 Å². The zero-order valence-corrected chi connectivity index (χ0v) is 15.7. The van der Waals surface area contributed by atoms with Crippen LogP contribution in [0.5, 0.6) is 0 Å². The summed E-state index contributed by atoms with van der Waals surface area (Å²) in [5.41, 5.74) is 2.83. The molecular weight excluding hydrogens is 328 g/mol. The highest BCUT2D eigenvalue weighted by Crippen LogP contribution is 2.16. The summed E-state index contributed by atoms with van der Waals surface area (Å²) in [5.74, 6) is -0.347. The van der Waals surface area contributed by atoms with Crippen molar-refractivity contribution in [2.45, 2.75) is 0 Å². The van der Waals surface area contributed by atoms with Crippen molar-refractivity contribution >= 4 is 23.2 Å². The van der Waals surface area contributed by atoms with Crippen molar-refractivity contribution in [3.63, 3.8) is 0 Å². The molecule has 0 bridgehead atoms. The largest absolute Gasteiger partial charge is 0.378 e. The van der Waals surface area contributed by atoms with Gasteiger partial charge in [0.05, 0.1) is 0 Å². The number of carbonyl (C=O) groups excluding carboxylic acids is 2. The molecule has 0 atom stereocenters. The van der Waals surface area contributed by atoms with Gasteiger partial charge in [-0.05, 0) is 62.6 Å². The predicted molar refractivity (Wildman–Crippen MR) is 106 cm³/mol. The van der Waals surface area contributed by atoms with E-state index in [1.807, 2.05) is 62.3 Å². The summed E-state index contributed by atoms with van der Waals surface area (Å²) < 4.78 is 0. The number of nitrogens with one attached hydrogen (secondary N) is 2. The third-order valence-corrected chi connectivity index (χ3v) is 3.90. The molecular formula is C20H26N4O2. The Bertz CT molecular complexity index is 737. The van der Waals surface area contributed by atoms with Gasteiger partial charge in [0.1, 0.15) is 0 Å². The van der Waals surface area contributed by atoms with E-state index in [1.165, 1.54) is 0 Å². The van der Waals surface area contributed by atoms with Crippen molar-refractivity contribution in [3.05, 3.63) is 59.7 Å². The minimum absolute atomic E-state index is 0.141. The summed E-state index contributed by atoms with van der Waals surface area (Å²) >= 11 is 0. The number of nitrogens with zero attached hydrogens (tertiary/aromatic N) is 2. The second-order valence-electron chi connectivity index (χ2n) is 6.53. The normalized spacial score (nSPS) is 10.5. The molecule has 6 heteroatoms. The van der Waals surface area contributed by atoms with Gasteiger partial charge in [-0.2, -0.15) is 0 Å². The van der Waals surface area contributed by atoms with Gasteiger partial charge < -0.3 is 20.4 Å². The zero-order chi connectivity index (χ0) is 19.1. The molecule has 0 aliphatic carbocycles. The van der Waals surface area contributed by atoms with Crippen LogP contribution in [0.2, 0.25) is 0 Å². The highest BCUT2D eigenvalue weighted by atomic mass is 16.2. The van der Waals surface area contributed by atoms with Crippen LogP contribution in [0, 0.1) is 0 Å².